The largest absolute Gasteiger partial charge is 0.346 e. The van der Waals surface area contributed by atoms with E-state index in [1.165, 1.54) is 12.1 Å². The summed E-state index contributed by atoms with van der Waals surface area (Å²) >= 11 is 0. The molecule has 0 unspecified atom stereocenters. The summed E-state index contributed by atoms with van der Waals surface area (Å²) < 4.78 is 15.9. The number of amides is 1. The Kier molecular flexibility index (Phi) is 5.14. The molecule has 0 atom stereocenters. The first-order valence-corrected chi connectivity index (χ1v) is 7.56. The van der Waals surface area contributed by atoms with Crippen molar-refractivity contribution in [2.45, 2.75) is 33.7 Å². The van der Waals surface area contributed by atoms with Crippen LogP contribution in [-0.4, -0.2) is 16.7 Å². The van der Waals surface area contributed by atoms with E-state index in [1.807, 2.05) is 26.0 Å². The molecule has 0 saturated heterocycles. The SMILES string of the molecule is Cc1cc(/C=N\NC(=O)c2ccc(C#N)cc2F)c(C)n1C(C)C. The summed E-state index contributed by atoms with van der Waals surface area (Å²) in [5.41, 5.74) is 5.36. The van der Waals surface area contributed by atoms with Crippen LogP contribution in [0.1, 0.15) is 52.8 Å². The number of carbonyl (C=O) groups excluding carboxylic acids is 1. The summed E-state index contributed by atoms with van der Waals surface area (Å²) in [7, 11) is 0. The lowest BCUT2D eigenvalue weighted by atomic mass is 10.1. The van der Waals surface area contributed by atoms with E-state index < -0.39 is 11.7 Å². The van der Waals surface area contributed by atoms with Gasteiger partial charge in [-0.25, -0.2) is 9.82 Å². The maximum Gasteiger partial charge on any atom is 0.274 e. The van der Waals surface area contributed by atoms with Crippen LogP contribution in [0.25, 0.3) is 0 Å². The fourth-order valence-corrected chi connectivity index (χ4v) is 2.72. The summed E-state index contributed by atoms with van der Waals surface area (Å²) in [5, 5.41) is 12.6. The average molecular weight is 326 g/mol. The summed E-state index contributed by atoms with van der Waals surface area (Å²) in [5.74, 6) is -1.41. The van der Waals surface area contributed by atoms with Gasteiger partial charge in [0.15, 0.2) is 0 Å². The number of hydrogen-bond donors (Lipinski definition) is 1. The molecule has 0 fully saturated rings. The third kappa shape index (κ3) is 3.51. The maximum atomic E-state index is 13.8. The van der Waals surface area contributed by atoms with Gasteiger partial charge in [0.25, 0.3) is 5.91 Å². The van der Waals surface area contributed by atoms with Crippen LogP contribution in [0.3, 0.4) is 0 Å². The van der Waals surface area contributed by atoms with Gasteiger partial charge in [-0.1, -0.05) is 0 Å². The van der Waals surface area contributed by atoms with Gasteiger partial charge >= 0.3 is 0 Å². The van der Waals surface area contributed by atoms with E-state index in [9.17, 15) is 9.18 Å². The normalized spacial score (nSPS) is 11.0. The second kappa shape index (κ2) is 7.09. The van der Waals surface area contributed by atoms with Crippen molar-refractivity contribution in [2.75, 3.05) is 0 Å². The number of benzene rings is 1. The molecule has 24 heavy (non-hydrogen) atoms. The molecule has 1 aromatic heterocycles. The lowest BCUT2D eigenvalue weighted by molar-refractivity contribution is 0.0951. The van der Waals surface area contributed by atoms with Crippen molar-refractivity contribution in [1.82, 2.24) is 9.99 Å². The molecule has 5 nitrogen and oxygen atoms in total. The quantitative estimate of drug-likeness (QED) is 0.690. The fourth-order valence-electron chi connectivity index (χ4n) is 2.72. The van der Waals surface area contributed by atoms with Gasteiger partial charge in [-0.05, 0) is 52.0 Å². The van der Waals surface area contributed by atoms with Gasteiger partial charge in [0.1, 0.15) is 5.82 Å². The van der Waals surface area contributed by atoms with Gasteiger partial charge < -0.3 is 4.57 Å². The lowest BCUT2D eigenvalue weighted by Gasteiger charge is -2.13. The molecule has 1 N–H and O–H groups in total. The predicted molar refractivity (Wildman–Crippen MR) is 90.5 cm³/mol. The number of hydrazone groups is 1. The molecule has 0 radical (unpaired) electrons. The Morgan fingerprint density at radius 3 is 2.62 bits per heavy atom. The van der Waals surface area contributed by atoms with Crippen LogP contribution in [-0.2, 0) is 0 Å². The molecule has 1 aromatic carbocycles. The molecular formula is C18H19FN4O. The summed E-state index contributed by atoms with van der Waals surface area (Å²) in [6, 6.07) is 7.80. The Hall–Kier alpha value is -2.94. The smallest absolute Gasteiger partial charge is 0.274 e. The number of aromatic nitrogens is 1. The molecule has 0 saturated carbocycles. The van der Waals surface area contributed by atoms with Crippen LogP contribution < -0.4 is 5.43 Å². The molecular weight excluding hydrogens is 307 g/mol. The topological polar surface area (TPSA) is 70.2 Å². The average Bonchev–Trinajstić information content (AvgIpc) is 2.81. The van der Waals surface area contributed by atoms with E-state index in [0.717, 1.165) is 23.0 Å². The van der Waals surface area contributed by atoms with E-state index in [1.54, 1.807) is 6.21 Å². The molecule has 0 bridgehead atoms. The second-order valence-corrected chi connectivity index (χ2v) is 5.80. The third-order valence-corrected chi connectivity index (χ3v) is 3.75. The highest BCUT2D eigenvalue weighted by Crippen LogP contribution is 2.18. The number of aryl methyl sites for hydroxylation is 1. The van der Waals surface area contributed by atoms with Gasteiger partial charge in [0.2, 0.25) is 0 Å². The monoisotopic (exact) mass is 326 g/mol. The summed E-state index contributed by atoms with van der Waals surface area (Å²) in [6.07, 6.45) is 1.54. The zero-order valence-corrected chi connectivity index (χ0v) is 14.1. The first-order chi connectivity index (χ1) is 11.3. The van der Waals surface area contributed by atoms with Crippen LogP contribution in [0, 0.1) is 31.0 Å². The van der Waals surface area contributed by atoms with Crippen molar-refractivity contribution in [3.8, 4) is 6.07 Å². The van der Waals surface area contributed by atoms with Crippen molar-refractivity contribution in [3.63, 3.8) is 0 Å². The standard InChI is InChI=1S/C18H19FN4O/c1-11(2)23-12(3)7-15(13(23)4)10-21-22-18(24)16-6-5-14(9-20)8-17(16)19/h5-8,10-11H,1-4H3,(H,22,24)/b21-10-. The highest BCUT2D eigenvalue weighted by atomic mass is 19.1. The Labute approximate surface area is 140 Å². The highest BCUT2D eigenvalue weighted by molar-refractivity contribution is 5.95. The minimum Gasteiger partial charge on any atom is -0.346 e. The van der Waals surface area contributed by atoms with Crippen LogP contribution >= 0.6 is 0 Å². The first kappa shape index (κ1) is 17.4. The Balaban J connectivity index is 2.14. The number of nitrogens with one attached hydrogen (secondary N) is 1. The molecule has 2 rings (SSSR count). The molecule has 2 aromatic rings. The summed E-state index contributed by atoms with van der Waals surface area (Å²) in [6.45, 7) is 8.18. The van der Waals surface area contributed by atoms with Gasteiger partial charge in [0.05, 0.1) is 23.4 Å². The van der Waals surface area contributed by atoms with Crippen LogP contribution in [0.5, 0.6) is 0 Å². The number of nitriles is 1. The van der Waals surface area contributed by atoms with Crippen molar-refractivity contribution in [2.24, 2.45) is 5.10 Å². The summed E-state index contributed by atoms with van der Waals surface area (Å²) in [4.78, 5) is 12.0. The van der Waals surface area contributed by atoms with Crippen LogP contribution in [0.4, 0.5) is 4.39 Å². The number of rotatable bonds is 4. The first-order valence-electron chi connectivity index (χ1n) is 7.56. The van der Waals surface area contributed by atoms with Crippen LogP contribution in [0.15, 0.2) is 29.4 Å². The van der Waals surface area contributed by atoms with Gasteiger partial charge in [-0.2, -0.15) is 10.4 Å². The van der Waals surface area contributed by atoms with Gasteiger partial charge in [-0.15, -0.1) is 0 Å². The minimum absolute atomic E-state index is 0.154. The highest BCUT2D eigenvalue weighted by Gasteiger charge is 2.12. The van der Waals surface area contributed by atoms with Crippen molar-refractivity contribution >= 4 is 12.1 Å². The number of hydrogen-bond acceptors (Lipinski definition) is 3. The lowest BCUT2D eigenvalue weighted by Crippen LogP contribution is -2.19. The Morgan fingerprint density at radius 1 is 1.38 bits per heavy atom. The predicted octanol–water partition coefficient (Wildman–Crippen LogP) is 3.46. The molecule has 1 heterocycles. The molecule has 0 aliphatic heterocycles. The van der Waals surface area contributed by atoms with Crippen molar-refractivity contribution in [1.29, 1.82) is 5.26 Å². The molecule has 6 heteroatoms. The van der Waals surface area contributed by atoms with Gasteiger partial charge in [-0.3, -0.25) is 4.79 Å². The van der Waals surface area contributed by atoms with Crippen molar-refractivity contribution < 1.29 is 9.18 Å². The third-order valence-electron chi connectivity index (χ3n) is 3.75. The molecule has 0 aliphatic rings. The van der Waals surface area contributed by atoms with E-state index in [2.05, 4.69) is 28.9 Å². The van der Waals surface area contributed by atoms with E-state index in [-0.39, 0.29) is 11.1 Å². The van der Waals surface area contributed by atoms with Crippen molar-refractivity contribution in [3.05, 3.63) is 58.2 Å². The van der Waals surface area contributed by atoms with Gasteiger partial charge in [0, 0.05) is 23.0 Å². The van der Waals surface area contributed by atoms with Crippen LogP contribution in [0.2, 0.25) is 0 Å². The molecule has 0 spiro atoms. The van der Waals surface area contributed by atoms with E-state index >= 15 is 0 Å². The Bertz CT molecular complexity index is 843. The number of carbonyl (C=O) groups is 1. The number of halogens is 1. The van der Waals surface area contributed by atoms with E-state index in [0.29, 0.717) is 6.04 Å². The zero-order chi connectivity index (χ0) is 17.9. The number of nitrogens with zero attached hydrogens (tertiary/aromatic N) is 3. The molecule has 0 aliphatic carbocycles. The second-order valence-electron chi connectivity index (χ2n) is 5.80. The molecule has 124 valence electrons. The minimum atomic E-state index is -0.750. The molecule has 1 amide bonds. The Morgan fingerprint density at radius 2 is 2.08 bits per heavy atom. The fraction of sp³-hybridized carbons (Fsp3) is 0.278. The maximum absolute atomic E-state index is 13.8. The van der Waals surface area contributed by atoms with E-state index in [4.69, 9.17) is 5.26 Å². The zero-order valence-electron chi connectivity index (χ0n) is 14.1.